The Labute approximate surface area is 113 Å². The molecular weight excluding hydrogens is 242 g/mol. The van der Waals surface area contributed by atoms with E-state index in [9.17, 15) is 4.79 Å². The molecule has 1 saturated heterocycles. The van der Waals surface area contributed by atoms with E-state index in [1.54, 1.807) is 7.11 Å². The number of nitrogens with zero attached hydrogens (tertiary/aromatic N) is 1. The number of nitrogens with one attached hydrogen (secondary N) is 2. The summed E-state index contributed by atoms with van der Waals surface area (Å²) in [4.78, 5) is 16.5. The van der Waals surface area contributed by atoms with E-state index >= 15 is 0 Å². The molecule has 2 N–H and O–H groups in total. The van der Waals surface area contributed by atoms with Gasteiger partial charge in [-0.15, -0.1) is 0 Å². The lowest BCUT2D eigenvalue weighted by Gasteiger charge is -2.25. The molecule has 1 amide bonds. The molecular formula is C14H19N3O2. The van der Waals surface area contributed by atoms with Crippen molar-refractivity contribution >= 4 is 11.9 Å². The van der Waals surface area contributed by atoms with Crippen molar-refractivity contribution in [3.05, 3.63) is 29.8 Å². The average molecular weight is 261 g/mol. The van der Waals surface area contributed by atoms with Gasteiger partial charge in [-0.05, 0) is 31.0 Å². The minimum atomic E-state index is -0.736. The number of rotatable bonds is 4. The smallest absolute Gasteiger partial charge is 0.257 e. The van der Waals surface area contributed by atoms with Crippen molar-refractivity contribution in [3.63, 3.8) is 0 Å². The van der Waals surface area contributed by atoms with Crippen LogP contribution in [-0.2, 0) is 10.3 Å². The average Bonchev–Trinajstić information content (AvgIpc) is 2.76. The summed E-state index contributed by atoms with van der Waals surface area (Å²) in [6, 6.07) is 7.53. The van der Waals surface area contributed by atoms with Gasteiger partial charge in [0.1, 0.15) is 11.3 Å². The van der Waals surface area contributed by atoms with Gasteiger partial charge in [0.2, 0.25) is 0 Å². The molecule has 0 saturated carbocycles. The lowest BCUT2D eigenvalue weighted by atomic mass is 9.87. The molecule has 1 aliphatic heterocycles. The van der Waals surface area contributed by atoms with Crippen LogP contribution in [0.3, 0.4) is 0 Å². The topological polar surface area (TPSA) is 62.7 Å². The van der Waals surface area contributed by atoms with E-state index in [2.05, 4.69) is 15.6 Å². The molecule has 0 aliphatic carbocycles. The molecule has 1 fully saturated rings. The van der Waals surface area contributed by atoms with Gasteiger partial charge in [0.25, 0.3) is 5.91 Å². The number of amides is 1. The largest absolute Gasteiger partial charge is 0.497 e. The van der Waals surface area contributed by atoms with E-state index in [0.29, 0.717) is 18.9 Å². The van der Waals surface area contributed by atoms with Crippen LogP contribution < -0.4 is 15.4 Å². The Morgan fingerprint density at radius 2 is 1.95 bits per heavy atom. The third-order valence-corrected chi connectivity index (χ3v) is 3.38. The first-order valence-electron chi connectivity index (χ1n) is 6.45. The number of aliphatic imine (C=N–C) groups is 1. The molecule has 1 atom stereocenters. The summed E-state index contributed by atoms with van der Waals surface area (Å²) in [5.74, 6) is 1.26. The van der Waals surface area contributed by atoms with Crippen LogP contribution in [0.1, 0.15) is 25.8 Å². The van der Waals surface area contributed by atoms with Gasteiger partial charge in [0.15, 0.2) is 5.96 Å². The minimum Gasteiger partial charge on any atom is -0.497 e. The summed E-state index contributed by atoms with van der Waals surface area (Å²) in [6.07, 6.45) is 0.647. The van der Waals surface area contributed by atoms with Crippen LogP contribution in [-0.4, -0.2) is 25.5 Å². The zero-order valence-electron chi connectivity index (χ0n) is 11.5. The number of hydrogen-bond donors (Lipinski definition) is 2. The molecule has 102 valence electrons. The molecule has 5 nitrogen and oxygen atoms in total. The van der Waals surface area contributed by atoms with E-state index in [1.807, 2.05) is 38.1 Å². The molecule has 0 spiro atoms. The summed E-state index contributed by atoms with van der Waals surface area (Å²) >= 11 is 0. The first kappa shape index (κ1) is 13.4. The van der Waals surface area contributed by atoms with E-state index in [-0.39, 0.29) is 5.91 Å². The van der Waals surface area contributed by atoms with Crippen molar-refractivity contribution in [1.82, 2.24) is 10.6 Å². The molecule has 19 heavy (non-hydrogen) atoms. The van der Waals surface area contributed by atoms with E-state index in [0.717, 1.165) is 11.3 Å². The number of hydrogen-bond acceptors (Lipinski definition) is 3. The highest BCUT2D eigenvalue weighted by Crippen LogP contribution is 2.29. The number of guanidine groups is 1. The van der Waals surface area contributed by atoms with E-state index in [1.165, 1.54) is 0 Å². The first-order valence-corrected chi connectivity index (χ1v) is 6.45. The number of ether oxygens (including phenoxy) is 1. The van der Waals surface area contributed by atoms with Gasteiger partial charge >= 0.3 is 0 Å². The molecule has 1 aromatic carbocycles. The summed E-state index contributed by atoms with van der Waals surface area (Å²) < 4.78 is 5.14. The van der Waals surface area contributed by atoms with Crippen molar-refractivity contribution in [1.29, 1.82) is 0 Å². The fourth-order valence-corrected chi connectivity index (χ4v) is 2.27. The first-order chi connectivity index (χ1) is 9.16. The lowest BCUT2D eigenvalue weighted by molar-refractivity contribution is -0.124. The molecule has 0 radical (unpaired) electrons. The quantitative estimate of drug-likeness (QED) is 0.861. The second kappa shape index (κ2) is 5.30. The standard InChI is InChI=1S/C14H19N3O2/c1-4-14(10-6-8-11(19-3)9-7-10)12(18)16-13(17-14)15-5-2/h6-9H,4-5H2,1-3H3,(H2,15,16,17,18). The highest BCUT2D eigenvalue weighted by atomic mass is 16.5. The second-order valence-electron chi connectivity index (χ2n) is 4.39. The molecule has 0 bridgehead atoms. The highest BCUT2D eigenvalue weighted by Gasteiger charge is 2.45. The minimum absolute atomic E-state index is 0.0626. The normalized spacial score (nSPS) is 24.2. The van der Waals surface area contributed by atoms with Crippen LogP contribution in [0.5, 0.6) is 5.75 Å². The zero-order valence-corrected chi connectivity index (χ0v) is 11.5. The fourth-order valence-electron chi connectivity index (χ4n) is 2.27. The van der Waals surface area contributed by atoms with Crippen LogP contribution in [0.15, 0.2) is 29.3 Å². The Morgan fingerprint density at radius 3 is 2.47 bits per heavy atom. The van der Waals surface area contributed by atoms with Crippen LogP contribution >= 0.6 is 0 Å². The maximum Gasteiger partial charge on any atom is 0.257 e. The number of carbonyl (C=O) groups excluding carboxylic acids is 1. The summed E-state index contributed by atoms with van der Waals surface area (Å²) in [5.41, 5.74) is 0.176. The zero-order chi connectivity index (χ0) is 13.9. The van der Waals surface area contributed by atoms with Crippen molar-refractivity contribution in [3.8, 4) is 5.75 Å². The highest BCUT2D eigenvalue weighted by molar-refractivity contribution is 6.09. The predicted octanol–water partition coefficient (Wildman–Crippen LogP) is 1.40. The number of methoxy groups -OCH3 is 1. The molecule has 1 unspecified atom stereocenters. The molecule has 5 heteroatoms. The van der Waals surface area contributed by atoms with E-state index in [4.69, 9.17) is 4.74 Å². The Morgan fingerprint density at radius 1 is 1.26 bits per heavy atom. The Hall–Kier alpha value is -2.04. The Bertz CT molecular complexity index is 496. The van der Waals surface area contributed by atoms with Gasteiger partial charge in [-0.2, -0.15) is 0 Å². The van der Waals surface area contributed by atoms with Crippen LogP contribution in [0, 0.1) is 0 Å². The van der Waals surface area contributed by atoms with Gasteiger partial charge in [-0.1, -0.05) is 19.1 Å². The molecule has 0 aromatic heterocycles. The maximum absolute atomic E-state index is 12.3. The molecule has 1 heterocycles. The molecule has 2 rings (SSSR count). The summed E-state index contributed by atoms with van der Waals surface area (Å²) in [6.45, 7) is 4.54. The fraction of sp³-hybridized carbons (Fsp3) is 0.429. The third-order valence-electron chi connectivity index (χ3n) is 3.38. The van der Waals surface area contributed by atoms with Gasteiger partial charge < -0.3 is 10.1 Å². The SMILES string of the molecule is CCN=C1NC(=O)C(CC)(c2ccc(OC)cc2)N1. The Balaban J connectivity index is 2.37. The maximum atomic E-state index is 12.3. The third kappa shape index (κ3) is 2.28. The van der Waals surface area contributed by atoms with Crippen LogP contribution in [0.4, 0.5) is 0 Å². The molecule has 1 aliphatic rings. The Kier molecular flexibility index (Phi) is 3.74. The van der Waals surface area contributed by atoms with Crippen molar-refractivity contribution in [2.45, 2.75) is 25.8 Å². The predicted molar refractivity (Wildman–Crippen MR) is 74.2 cm³/mol. The van der Waals surface area contributed by atoms with Gasteiger partial charge in [-0.3, -0.25) is 15.1 Å². The van der Waals surface area contributed by atoms with Crippen LogP contribution in [0.2, 0.25) is 0 Å². The number of carbonyl (C=O) groups is 1. The second-order valence-corrected chi connectivity index (χ2v) is 4.39. The lowest BCUT2D eigenvalue weighted by Crippen LogP contribution is -2.43. The van der Waals surface area contributed by atoms with Gasteiger partial charge in [0, 0.05) is 6.54 Å². The molecule has 1 aromatic rings. The van der Waals surface area contributed by atoms with Crippen LogP contribution in [0.25, 0.3) is 0 Å². The van der Waals surface area contributed by atoms with Crippen molar-refractivity contribution < 1.29 is 9.53 Å². The number of benzene rings is 1. The van der Waals surface area contributed by atoms with Crippen molar-refractivity contribution in [2.24, 2.45) is 4.99 Å². The summed E-state index contributed by atoms with van der Waals surface area (Å²) in [5, 5.41) is 6.00. The van der Waals surface area contributed by atoms with Gasteiger partial charge in [0.05, 0.1) is 7.11 Å². The van der Waals surface area contributed by atoms with Crippen molar-refractivity contribution in [2.75, 3.05) is 13.7 Å². The van der Waals surface area contributed by atoms with Gasteiger partial charge in [-0.25, -0.2) is 0 Å². The summed E-state index contributed by atoms with van der Waals surface area (Å²) in [7, 11) is 1.62. The van der Waals surface area contributed by atoms with E-state index < -0.39 is 5.54 Å². The monoisotopic (exact) mass is 261 g/mol.